The van der Waals surface area contributed by atoms with Crippen LogP contribution in [0, 0.1) is 0 Å². The number of hydrogen-bond donors (Lipinski definition) is 1. The predicted molar refractivity (Wildman–Crippen MR) is 85.7 cm³/mol. The molecule has 0 bridgehead atoms. The van der Waals surface area contributed by atoms with Crippen molar-refractivity contribution >= 4 is 11.6 Å². The van der Waals surface area contributed by atoms with Gasteiger partial charge in [0.2, 0.25) is 5.91 Å². The lowest BCUT2D eigenvalue weighted by Crippen LogP contribution is -2.43. The van der Waals surface area contributed by atoms with E-state index in [4.69, 9.17) is 4.74 Å². The molecule has 2 rings (SSSR count). The van der Waals surface area contributed by atoms with Gasteiger partial charge in [0.1, 0.15) is 11.8 Å². The lowest BCUT2D eigenvalue weighted by atomic mass is 10.1. The number of carbonyl (C=O) groups is 1. The van der Waals surface area contributed by atoms with E-state index in [2.05, 4.69) is 12.2 Å². The second kappa shape index (κ2) is 7.91. The predicted octanol–water partition coefficient (Wildman–Crippen LogP) is 3.29. The number of carbonyl (C=O) groups excluding carboxylic acids is 1. The van der Waals surface area contributed by atoms with Crippen molar-refractivity contribution < 1.29 is 9.53 Å². The molecule has 1 aliphatic rings. The molecule has 0 aromatic heterocycles. The topological polar surface area (TPSA) is 41.6 Å². The molecule has 0 aliphatic carbocycles. The minimum Gasteiger partial charge on any atom is -0.494 e. The minimum atomic E-state index is -0.189. The number of piperidine rings is 1. The molecule has 1 atom stereocenters. The fourth-order valence-electron chi connectivity index (χ4n) is 2.57. The Hall–Kier alpha value is -1.71. The molecular weight excluding hydrogens is 264 g/mol. The van der Waals surface area contributed by atoms with Gasteiger partial charge in [-0.1, -0.05) is 6.92 Å². The number of nitrogens with one attached hydrogen (secondary N) is 1. The van der Waals surface area contributed by atoms with E-state index in [1.165, 1.54) is 6.42 Å². The molecule has 0 radical (unpaired) electrons. The van der Waals surface area contributed by atoms with E-state index < -0.39 is 0 Å². The van der Waals surface area contributed by atoms with E-state index >= 15 is 0 Å². The molecule has 116 valence electrons. The van der Waals surface area contributed by atoms with Crippen LogP contribution in [0.4, 0.5) is 5.69 Å². The maximum atomic E-state index is 12.3. The highest BCUT2D eigenvalue weighted by Gasteiger charge is 2.21. The summed E-state index contributed by atoms with van der Waals surface area (Å²) >= 11 is 0. The zero-order chi connectivity index (χ0) is 15.1. The highest BCUT2D eigenvalue weighted by molar-refractivity contribution is 5.84. The number of ether oxygens (including phenoxy) is 1. The van der Waals surface area contributed by atoms with Crippen LogP contribution in [-0.2, 0) is 4.79 Å². The average molecular weight is 290 g/mol. The molecule has 1 unspecified atom stereocenters. The third kappa shape index (κ3) is 4.66. The van der Waals surface area contributed by atoms with E-state index in [0.717, 1.165) is 50.4 Å². The smallest absolute Gasteiger partial charge is 0.244 e. The maximum absolute atomic E-state index is 12.3. The number of likely N-dealkylation sites (tertiary alicyclic amines) is 1. The first kappa shape index (κ1) is 15.7. The van der Waals surface area contributed by atoms with Crippen molar-refractivity contribution in [1.82, 2.24) is 4.90 Å². The van der Waals surface area contributed by atoms with Crippen LogP contribution in [0.3, 0.4) is 0 Å². The lowest BCUT2D eigenvalue weighted by Gasteiger charge is -2.29. The fourth-order valence-corrected chi connectivity index (χ4v) is 2.57. The minimum absolute atomic E-state index is 0.189. The number of amides is 1. The van der Waals surface area contributed by atoms with Crippen molar-refractivity contribution in [1.29, 1.82) is 0 Å². The van der Waals surface area contributed by atoms with E-state index in [-0.39, 0.29) is 11.9 Å². The summed E-state index contributed by atoms with van der Waals surface area (Å²) in [5.41, 5.74) is 0.955. The van der Waals surface area contributed by atoms with Crippen molar-refractivity contribution in [2.75, 3.05) is 25.0 Å². The van der Waals surface area contributed by atoms with Crippen LogP contribution in [0.25, 0.3) is 0 Å². The Labute approximate surface area is 127 Å². The van der Waals surface area contributed by atoms with Gasteiger partial charge in [-0.25, -0.2) is 0 Å². The van der Waals surface area contributed by atoms with E-state index in [0.29, 0.717) is 0 Å². The number of rotatable bonds is 6. The number of hydrogen-bond acceptors (Lipinski definition) is 3. The molecule has 1 saturated heterocycles. The van der Waals surface area contributed by atoms with Gasteiger partial charge < -0.3 is 15.0 Å². The molecule has 4 heteroatoms. The molecule has 1 N–H and O–H groups in total. The van der Waals surface area contributed by atoms with Gasteiger partial charge in [0.05, 0.1) is 6.61 Å². The fraction of sp³-hybridized carbons (Fsp3) is 0.588. The first-order valence-electron chi connectivity index (χ1n) is 7.99. The van der Waals surface area contributed by atoms with Gasteiger partial charge in [-0.15, -0.1) is 0 Å². The Morgan fingerprint density at radius 3 is 2.52 bits per heavy atom. The molecular formula is C17H26N2O2. The number of anilines is 1. The third-order valence-corrected chi connectivity index (χ3v) is 3.75. The van der Waals surface area contributed by atoms with Crippen LogP contribution in [0.5, 0.6) is 5.75 Å². The van der Waals surface area contributed by atoms with Crippen molar-refractivity contribution in [2.24, 2.45) is 0 Å². The highest BCUT2D eigenvalue weighted by atomic mass is 16.5. The lowest BCUT2D eigenvalue weighted by molar-refractivity contribution is -0.132. The summed E-state index contributed by atoms with van der Waals surface area (Å²) in [5, 5.41) is 3.28. The molecule has 0 saturated carbocycles. The van der Waals surface area contributed by atoms with Crippen LogP contribution < -0.4 is 10.1 Å². The van der Waals surface area contributed by atoms with Crippen LogP contribution in [0.1, 0.15) is 39.5 Å². The zero-order valence-corrected chi connectivity index (χ0v) is 13.1. The molecule has 1 heterocycles. The second-order valence-electron chi connectivity index (χ2n) is 5.62. The van der Waals surface area contributed by atoms with Crippen LogP contribution in [0.15, 0.2) is 24.3 Å². The summed E-state index contributed by atoms with van der Waals surface area (Å²) in [4.78, 5) is 14.3. The monoisotopic (exact) mass is 290 g/mol. The van der Waals surface area contributed by atoms with Gasteiger partial charge in [0, 0.05) is 18.8 Å². The Morgan fingerprint density at radius 2 is 1.90 bits per heavy atom. The molecule has 21 heavy (non-hydrogen) atoms. The SMILES string of the molecule is CCCOc1ccc(NC(C)C(=O)N2CCCCC2)cc1. The zero-order valence-electron chi connectivity index (χ0n) is 13.1. The van der Waals surface area contributed by atoms with Gasteiger partial charge in [0.15, 0.2) is 0 Å². The van der Waals surface area contributed by atoms with Crippen molar-refractivity contribution in [3.05, 3.63) is 24.3 Å². The molecule has 1 fully saturated rings. The summed E-state index contributed by atoms with van der Waals surface area (Å²) in [5.74, 6) is 1.07. The van der Waals surface area contributed by atoms with Crippen molar-refractivity contribution in [2.45, 2.75) is 45.6 Å². The van der Waals surface area contributed by atoms with E-state index in [1.807, 2.05) is 36.1 Å². The van der Waals surface area contributed by atoms with Gasteiger partial charge in [0.25, 0.3) is 0 Å². The average Bonchev–Trinajstić information content (AvgIpc) is 2.54. The molecule has 4 nitrogen and oxygen atoms in total. The maximum Gasteiger partial charge on any atom is 0.244 e. The Balaban J connectivity index is 1.86. The van der Waals surface area contributed by atoms with Crippen LogP contribution in [-0.4, -0.2) is 36.5 Å². The van der Waals surface area contributed by atoms with Gasteiger partial charge in [-0.3, -0.25) is 4.79 Å². The van der Waals surface area contributed by atoms with Gasteiger partial charge in [-0.2, -0.15) is 0 Å². The number of benzene rings is 1. The first-order chi connectivity index (χ1) is 10.2. The van der Waals surface area contributed by atoms with Gasteiger partial charge in [-0.05, 0) is 56.9 Å². The van der Waals surface area contributed by atoms with E-state index in [1.54, 1.807) is 0 Å². The quantitative estimate of drug-likeness (QED) is 0.874. The summed E-state index contributed by atoms with van der Waals surface area (Å²) in [6.07, 6.45) is 4.50. The van der Waals surface area contributed by atoms with Crippen LogP contribution in [0.2, 0.25) is 0 Å². The Bertz CT molecular complexity index is 439. The summed E-state index contributed by atoms with van der Waals surface area (Å²) in [6, 6.07) is 7.62. The highest BCUT2D eigenvalue weighted by Crippen LogP contribution is 2.17. The molecule has 1 aliphatic heterocycles. The third-order valence-electron chi connectivity index (χ3n) is 3.75. The summed E-state index contributed by atoms with van der Waals surface area (Å²) < 4.78 is 5.55. The van der Waals surface area contributed by atoms with Crippen molar-refractivity contribution in [3.8, 4) is 5.75 Å². The largest absolute Gasteiger partial charge is 0.494 e. The first-order valence-corrected chi connectivity index (χ1v) is 7.99. The molecule has 1 aromatic rings. The summed E-state index contributed by atoms with van der Waals surface area (Å²) in [6.45, 7) is 6.54. The molecule has 1 amide bonds. The second-order valence-corrected chi connectivity index (χ2v) is 5.62. The molecule has 0 spiro atoms. The van der Waals surface area contributed by atoms with Gasteiger partial charge >= 0.3 is 0 Å². The summed E-state index contributed by atoms with van der Waals surface area (Å²) in [7, 11) is 0. The van der Waals surface area contributed by atoms with Crippen molar-refractivity contribution in [3.63, 3.8) is 0 Å². The molecule has 1 aromatic carbocycles. The van der Waals surface area contributed by atoms with Crippen LogP contribution >= 0.6 is 0 Å². The Morgan fingerprint density at radius 1 is 1.24 bits per heavy atom. The Kier molecular flexibility index (Phi) is 5.90. The van der Waals surface area contributed by atoms with E-state index in [9.17, 15) is 4.79 Å². The standard InChI is InChI=1S/C17H26N2O2/c1-3-13-21-16-9-7-15(8-10-16)18-14(2)17(20)19-11-5-4-6-12-19/h7-10,14,18H,3-6,11-13H2,1-2H3. The number of nitrogens with zero attached hydrogens (tertiary/aromatic N) is 1. The normalized spacial score (nSPS) is 16.4.